The zero-order chi connectivity index (χ0) is 40.9. The average molecular weight is 762 g/mol. The van der Waals surface area contributed by atoms with Crippen LogP contribution < -0.4 is 16.0 Å². The molecule has 0 radical (unpaired) electrons. The first-order chi connectivity index (χ1) is 25.4. The molecule has 0 aromatic heterocycles. The number of nitrogens with zero attached hydrogens (tertiary/aromatic N) is 2. The molecule has 14 heteroatoms. The van der Waals surface area contributed by atoms with Gasteiger partial charge in [-0.15, -0.1) is 0 Å². The highest BCUT2D eigenvalue weighted by Gasteiger charge is 2.43. The van der Waals surface area contributed by atoms with Gasteiger partial charge in [-0.05, 0) is 43.1 Å². The maximum Gasteiger partial charge on any atom is 0.407 e. The minimum absolute atomic E-state index is 0.0228. The van der Waals surface area contributed by atoms with Crippen LogP contribution in [0.25, 0.3) is 0 Å². The van der Waals surface area contributed by atoms with Crippen molar-refractivity contribution in [3.8, 4) is 0 Å². The third-order valence-corrected chi connectivity index (χ3v) is 10.8. The lowest BCUT2D eigenvalue weighted by atomic mass is 9.89. The molecule has 0 aliphatic carbocycles. The Morgan fingerprint density at radius 3 is 2.07 bits per heavy atom. The second-order valence-electron chi connectivity index (χ2n) is 15.3. The third-order valence-electron chi connectivity index (χ3n) is 10.8. The van der Waals surface area contributed by atoms with Crippen LogP contribution in [0.1, 0.15) is 92.7 Å². The number of methoxy groups -OCH3 is 2. The number of nitrogens with one attached hydrogen (secondary N) is 3. The highest BCUT2D eigenvalue weighted by atomic mass is 16.6. The van der Waals surface area contributed by atoms with E-state index in [9.17, 15) is 29.1 Å². The van der Waals surface area contributed by atoms with Crippen molar-refractivity contribution >= 4 is 29.7 Å². The van der Waals surface area contributed by atoms with Crippen LogP contribution in [0.4, 0.5) is 4.79 Å². The normalized spacial score (nSPS) is 19.5. The molecule has 2 rings (SSSR count). The topological polar surface area (TPSA) is 176 Å². The molecule has 1 aliphatic rings. The molecule has 306 valence electrons. The van der Waals surface area contributed by atoms with Crippen LogP contribution in [0.3, 0.4) is 0 Å². The van der Waals surface area contributed by atoms with E-state index in [4.69, 9.17) is 14.2 Å². The predicted octanol–water partition coefficient (Wildman–Crippen LogP) is 3.67. The highest BCUT2D eigenvalue weighted by Crippen LogP contribution is 2.30. The molecule has 5 amide bonds. The largest absolute Gasteiger partial charge is 0.436 e. The lowest BCUT2D eigenvalue weighted by Crippen LogP contribution is -2.59. The van der Waals surface area contributed by atoms with Gasteiger partial charge in [-0.3, -0.25) is 19.2 Å². The van der Waals surface area contributed by atoms with Gasteiger partial charge in [-0.2, -0.15) is 0 Å². The van der Waals surface area contributed by atoms with E-state index in [1.165, 1.54) is 21.3 Å². The maximum atomic E-state index is 14.2. The predicted molar refractivity (Wildman–Crippen MR) is 206 cm³/mol. The molecule has 14 nitrogen and oxygen atoms in total. The molecule has 1 fully saturated rings. The molecule has 0 spiro atoms. The van der Waals surface area contributed by atoms with Gasteiger partial charge in [0, 0.05) is 34.9 Å². The summed E-state index contributed by atoms with van der Waals surface area (Å²) in [6, 6.07) is 6.73. The van der Waals surface area contributed by atoms with Crippen LogP contribution in [-0.2, 0) is 33.4 Å². The standard InChI is InChI=1S/C40H67N5O9/c1-13-25(6)33(44(10)39(50)32(23(2)3)43-38(49)35(24(4)5)54-40(51)41-9)30(52-11)22-31(46)45-21-17-20-29(45)36(53-12)26(7)37(48)42-27(8)34(47)28-18-15-14-16-19-28/h14-16,18-19,23-27,29-30,32-36,47H,13,17,20-22H2,1-12H3,(H,41,51)(H,42,48)(H,43,49)/t25-,26+,27-,29-,30-,32-,33-,34-,35-,36+/m0/s1. The lowest BCUT2D eigenvalue weighted by Gasteiger charge is -2.41. The van der Waals surface area contributed by atoms with E-state index in [2.05, 4.69) is 16.0 Å². The summed E-state index contributed by atoms with van der Waals surface area (Å²) in [7, 11) is 6.12. The number of rotatable bonds is 20. The number of carbonyl (C=O) groups excluding carboxylic acids is 5. The molecule has 1 aromatic rings. The Hall–Kier alpha value is -3.75. The number of hydrogen-bond acceptors (Lipinski definition) is 9. The number of amides is 5. The van der Waals surface area contributed by atoms with Gasteiger partial charge < -0.3 is 45.1 Å². The SMILES string of the molecule is CC[C@H](C)[C@@H]([C@H](CC(=O)N1CCC[C@H]1[C@H](OC)[C@@H](C)C(=O)N[C@@H](C)[C@H](O)c1ccccc1)OC)N(C)C(=O)[C@@H](NC(=O)[C@@H](OC(=O)NC)C(C)C)C(C)C. The molecule has 10 atom stereocenters. The minimum atomic E-state index is -1.11. The second kappa shape index (κ2) is 22.0. The minimum Gasteiger partial charge on any atom is -0.436 e. The lowest BCUT2D eigenvalue weighted by molar-refractivity contribution is -0.148. The van der Waals surface area contributed by atoms with Gasteiger partial charge in [-0.1, -0.05) is 85.2 Å². The van der Waals surface area contributed by atoms with Gasteiger partial charge in [0.2, 0.25) is 17.7 Å². The van der Waals surface area contributed by atoms with E-state index in [0.717, 1.165) is 6.42 Å². The molecule has 0 bridgehead atoms. The van der Waals surface area contributed by atoms with E-state index >= 15 is 0 Å². The van der Waals surface area contributed by atoms with Crippen LogP contribution >= 0.6 is 0 Å². The van der Waals surface area contributed by atoms with E-state index in [-0.39, 0.29) is 47.9 Å². The Bertz CT molecular complexity index is 1360. The Labute approximate surface area is 322 Å². The molecule has 54 heavy (non-hydrogen) atoms. The summed E-state index contributed by atoms with van der Waals surface area (Å²) >= 11 is 0. The number of likely N-dealkylation sites (tertiary alicyclic amines) is 1. The summed E-state index contributed by atoms with van der Waals surface area (Å²) in [5, 5.41) is 18.9. The first kappa shape index (κ1) is 46.4. The van der Waals surface area contributed by atoms with Crippen LogP contribution in [0.2, 0.25) is 0 Å². The highest BCUT2D eigenvalue weighted by molar-refractivity contribution is 5.90. The Balaban J connectivity index is 2.26. The van der Waals surface area contributed by atoms with Crippen molar-refractivity contribution in [3.05, 3.63) is 35.9 Å². The summed E-state index contributed by atoms with van der Waals surface area (Å²) in [6.07, 6.45) is -2.01. The molecule has 1 saturated heterocycles. The molecule has 1 aromatic carbocycles. The van der Waals surface area contributed by atoms with Crippen molar-refractivity contribution in [1.29, 1.82) is 0 Å². The van der Waals surface area contributed by atoms with Gasteiger partial charge in [0.05, 0.1) is 48.8 Å². The average Bonchev–Trinajstić information content (AvgIpc) is 3.64. The fourth-order valence-corrected chi connectivity index (χ4v) is 7.31. The number of aliphatic hydroxyl groups is 1. The number of carbonyl (C=O) groups is 5. The van der Waals surface area contributed by atoms with Gasteiger partial charge in [0.15, 0.2) is 6.10 Å². The zero-order valence-electron chi connectivity index (χ0n) is 34.5. The van der Waals surface area contributed by atoms with E-state index < -0.39 is 60.5 Å². The molecular formula is C40H67N5O9. The number of benzene rings is 1. The number of hydrogen-bond donors (Lipinski definition) is 4. The van der Waals surface area contributed by atoms with Crippen molar-refractivity contribution < 1.29 is 43.3 Å². The van der Waals surface area contributed by atoms with E-state index in [0.29, 0.717) is 24.9 Å². The number of aliphatic hydroxyl groups excluding tert-OH is 1. The molecular weight excluding hydrogens is 694 g/mol. The molecule has 0 saturated carbocycles. The monoisotopic (exact) mass is 761 g/mol. The smallest absolute Gasteiger partial charge is 0.407 e. The molecule has 1 aliphatic heterocycles. The first-order valence-corrected chi connectivity index (χ1v) is 19.3. The number of alkyl carbamates (subject to hydrolysis) is 1. The Morgan fingerprint density at radius 1 is 0.926 bits per heavy atom. The van der Waals surface area contributed by atoms with Gasteiger partial charge >= 0.3 is 6.09 Å². The molecule has 1 heterocycles. The van der Waals surface area contributed by atoms with Gasteiger partial charge in [-0.25, -0.2) is 4.79 Å². The van der Waals surface area contributed by atoms with Crippen LogP contribution in [-0.4, -0.2) is 122 Å². The summed E-state index contributed by atoms with van der Waals surface area (Å²) in [5.74, 6) is -2.77. The second-order valence-corrected chi connectivity index (χ2v) is 15.3. The third kappa shape index (κ3) is 12.1. The zero-order valence-corrected chi connectivity index (χ0v) is 34.5. The molecule has 0 unspecified atom stereocenters. The number of ether oxygens (including phenoxy) is 3. The quantitative estimate of drug-likeness (QED) is 0.155. The van der Waals surface area contributed by atoms with Gasteiger partial charge in [0.1, 0.15) is 6.04 Å². The van der Waals surface area contributed by atoms with Crippen molar-refractivity contribution in [2.45, 2.75) is 130 Å². The summed E-state index contributed by atoms with van der Waals surface area (Å²) in [6.45, 7) is 15.1. The fourth-order valence-electron chi connectivity index (χ4n) is 7.31. The molecule has 4 N–H and O–H groups in total. The maximum absolute atomic E-state index is 14.2. The summed E-state index contributed by atoms with van der Waals surface area (Å²) in [4.78, 5) is 70.5. The van der Waals surface area contributed by atoms with Crippen LogP contribution in [0, 0.1) is 23.7 Å². The van der Waals surface area contributed by atoms with Crippen molar-refractivity contribution in [1.82, 2.24) is 25.8 Å². The van der Waals surface area contributed by atoms with Crippen LogP contribution in [0.5, 0.6) is 0 Å². The fraction of sp³-hybridized carbons (Fsp3) is 0.725. The summed E-state index contributed by atoms with van der Waals surface area (Å²) in [5.41, 5.74) is 0.696. The van der Waals surface area contributed by atoms with Crippen molar-refractivity contribution in [3.63, 3.8) is 0 Å². The van der Waals surface area contributed by atoms with Crippen molar-refractivity contribution in [2.24, 2.45) is 23.7 Å². The summed E-state index contributed by atoms with van der Waals surface area (Å²) < 4.78 is 17.2. The van der Waals surface area contributed by atoms with Gasteiger partial charge in [0.25, 0.3) is 5.91 Å². The van der Waals surface area contributed by atoms with Crippen LogP contribution in [0.15, 0.2) is 30.3 Å². The van der Waals surface area contributed by atoms with Crippen molar-refractivity contribution in [2.75, 3.05) is 34.9 Å². The number of likely N-dealkylation sites (N-methyl/N-ethyl adjacent to an activating group) is 1. The Morgan fingerprint density at radius 2 is 1.56 bits per heavy atom. The van der Waals surface area contributed by atoms with E-state index in [1.54, 1.807) is 56.7 Å². The van der Waals surface area contributed by atoms with E-state index in [1.807, 2.05) is 45.9 Å². The Kier molecular flexibility index (Phi) is 18.9. The first-order valence-electron chi connectivity index (χ1n) is 19.3.